The zero-order chi connectivity index (χ0) is 21.7. The third kappa shape index (κ3) is 3.84. The maximum absolute atomic E-state index is 10.6. The number of aromatic hydroxyl groups is 1. The van der Waals surface area contributed by atoms with Gasteiger partial charge in [0.1, 0.15) is 11.6 Å². The molecule has 30 heavy (non-hydrogen) atoms. The molecule has 1 fully saturated rings. The standard InChI is InChI=1S/C24H33N5O/c1-23(2)14-17(15-24(3,4)27-23)28(5)20-12-10-18(26-29(20)6)21-19(30)11-9-16-8-7-13-25-22(16)21/h7-13,17,26-27,30H,14-15H2,1-6H3. The van der Waals surface area contributed by atoms with Gasteiger partial charge in [0.15, 0.2) is 0 Å². The van der Waals surface area contributed by atoms with E-state index in [-0.39, 0.29) is 16.8 Å². The van der Waals surface area contributed by atoms with Gasteiger partial charge in [-0.25, -0.2) is 0 Å². The molecule has 1 saturated heterocycles. The monoisotopic (exact) mass is 407 g/mol. The van der Waals surface area contributed by atoms with E-state index in [9.17, 15) is 5.11 Å². The van der Waals surface area contributed by atoms with Gasteiger partial charge < -0.3 is 15.3 Å². The van der Waals surface area contributed by atoms with E-state index in [4.69, 9.17) is 0 Å². The van der Waals surface area contributed by atoms with E-state index in [1.165, 1.54) is 0 Å². The Hall–Kier alpha value is -2.73. The molecule has 0 radical (unpaired) electrons. The van der Waals surface area contributed by atoms with Crippen LogP contribution in [0.4, 0.5) is 0 Å². The summed E-state index contributed by atoms with van der Waals surface area (Å²) in [5, 5.41) is 17.4. The Labute approximate surface area is 179 Å². The van der Waals surface area contributed by atoms with Crippen molar-refractivity contribution in [1.29, 1.82) is 0 Å². The number of rotatable bonds is 3. The summed E-state index contributed by atoms with van der Waals surface area (Å²) in [4.78, 5) is 6.87. The molecule has 0 amide bonds. The maximum Gasteiger partial charge on any atom is 0.127 e. The average Bonchev–Trinajstić information content (AvgIpc) is 2.65. The summed E-state index contributed by atoms with van der Waals surface area (Å²) in [6.45, 7) is 9.11. The molecule has 0 atom stereocenters. The molecule has 4 rings (SSSR count). The van der Waals surface area contributed by atoms with Crippen LogP contribution in [0.3, 0.4) is 0 Å². The number of hydrogen-bond acceptors (Lipinski definition) is 6. The Morgan fingerprint density at radius 3 is 2.47 bits per heavy atom. The number of aromatic nitrogens is 1. The lowest BCUT2D eigenvalue weighted by atomic mass is 9.79. The molecule has 0 unspecified atom stereocenters. The zero-order valence-electron chi connectivity index (χ0n) is 18.8. The first-order chi connectivity index (χ1) is 14.1. The van der Waals surface area contributed by atoms with Crippen LogP contribution >= 0.6 is 0 Å². The van der Waals surface area contributed by atoms with Gasteiger partial charge in [-0.1, -0.05) is 6.07 Å². The fourth-order valence-corrected chi connectivity index (χ4v) is 5.17. The van der Waals surface area contributed by atoms with Gasteiger partial charge in [-0.3, -0.25) is 15.4 Å². The molecular formula is C24H33N5O. The number of pyridine rings is 1. The van der Waals surface area contributed by atoms with Crippen molar-refractivity contribution in [2.75, 3.05) is 14.1 Å². The summed E-state index contributed by atoms with van der Waals surface area (Å²) in [6, 6.07) is 7.96. The van der Waals surface area contributed by atoms with Crippen LogP contribution in [0, 0.1) is 0 Å². The minimum atomic E-state index is 0.0866. The number of hydrogen-bond donors (Lipinski definition) is 3. The van der Waals surface area contributed by atoms with Crippen molar-refractivity contribution in [3.05, 3.63) is 54.0 Å². The lowest BCUT2D eigenvalue weighted by molar-refractivity contribution is 0.0775. The molecule has 2 aliphatic rings. The van der Waals surface area contributed by atoms with Crippen LogP contribution in [-0.4, -0.2) is 51.2 Å². The molecule has 6 heteroatoms. The second-order valence-electron chi connectivity index (χ2n) is 9.88. The van der Waals surface area contributed by atoms with E-state index < -0.39 is 0 Å². The van der Waals surface area contributed by atoms with Crippen molar-refractivity contribution in [1.82, 2.24) is 25.6 Å². The summed E-state index contributed by atoms with van der Waals surface area (Å²) in [7, 11) is 4.18. The highest BCUT2D eigenvalue weighted by molar-refractivity contribution is 5.93. The normalized spacial score (nSPS) is 21.1. The Kier molecular flexibility index (Phi) is 4.93. The molecule has 1 aromatic heterocycles. The number of benzene rings is 1. The molecular weight excluding hydrogens is 374 g/mol. The highest BCUT2D eigenvalue weighted by atomic mass is 16.3. The summed E-state index contributed by atoms with van der Waals surface area (Å²) in [5.74, 6) is 1.32. The predicted molar refractivity (Wildman–Crippen MR) is 122 cm³/mol. The van der Waals surface area contributed by atoms with Crippen LogP contribution in [0.1, 0.15) is 46.1 Å². The number of fused-ring (bicyclic) bond motifs is 1. The second-order valence-corrected chi connectivity index (χ2v) is 9.88. The van der Waals surface area contributed by atoms with Crippen molar-refractivity contribution in [3.8, 4) is 5.75 Å². The number of nitrogens with zero attached hydrogens (tertiary/aromatic N) is 3. The number of allylic oxidation sites excluding steroid dienone is 2. The van der Waals surface area contributed by atoms with Crippen molar-refractivity contribution >= 4 is 16.6 Å². The van der Waals surface area contributed by atoms with Gasteiger partial charge in [0.05, 0.1) is 16.8 Å². The summed E-state index contributed by atoms with van der Waals surface area (Å²) < 4.78 is 0. The summed E-state index contributed by atoms with van der Waals surface area (Å²) in [6.07, 6.45) is 8.06. The summed E-state index contributed by atoms with van der Waals surface area (Å²) >= 11 is 0. The number of phenolic OH excluding ortho intramolecular Hbond substituents is 1. The Bertz CT molecular complexity index is 1010. The van der Waals surface area contributed by atoms with Gasteiger partial charge in [-0.15, -0.1) is 0 Å². The second kappa shape index (κ2) is 7.20. The van der Waals surface area contributed by atoms with E-state index in [1.807, 2.05) is 36.3 Å². The van der Waals surface area contributed by atoms with Crippen molar-refractivity contribution in [3.63, 3.8) is 0 Å². The smallest absolute Gasteiger partial charge is 0.127 e. The van der Waals surface area contributed by atoms with Crippen LogP contribution in [0.2, 0.25) is 0 Å². The Morgan fingerprint density at radius 1 is 1.10 bits per heavy atom. The fraction of sp³-hybridized carbons (Fsp3) is 0.458. The predicted octanol–water partition coefficient (Wildman–Crippen LogP) is 3.81. The van der Waals surface area contributed by atoms with Gasteiger partial charge >= 0.3 is 0 Å². The first-order valence-corrected chi connectivity index (χ1v) is 10.6. The lowest BCUT2D eigenvalue weighted by Crippen LogP contribution is -2.62. The van der Waals surface area contributed by atoms with E-state index in [2.05, 4.69) is 61.4 Å². The molecule has 160 valence electrons. The summed E-state index contributed by atoms with van der Waals surface area (Å²) in [5.41, 5.74) is 5.97. The van der Waals surface area contributed by atoms with Gasteiger partial charge in [-0.2, -0.15) is 0 Å². The first-order valence-electron chi connectivity index (χ1n) is 10.6. The first kappa shape index (κ1) is 20.5. The van der Waals surface area contributed by atoms with Gasteiger partial charge in [0.2, 0.25) is 0 Å². The topological polar surface area (TPSA) is 63.7 Å². The van der Waals surface area contributed by atoms with Crippen molar-refractivity contribution < 1.29 is 5.11 Å². The Balaban J connectivity index is 1.66. The minimum absolute atomic E-state index is 0.0866. The number of hydrazine groups is 1. The average molecular weight is 408 g/mol. The largest absolute Gasteiger partial charge is 0.507 e. The van der Waals surface area contributed by atoms with E-state index in [1.54, 1.807) is 12.3 Å². The van der Waals surface area contributed by atoms with Gasteiger partial charge in [0, 0.05) is 42.8 Å². The molecule has 2 aromatic rings. The number of phenols is 1. The highest BCUT2D eigenvalue weighted by Crippen LogP contribution is 2.35. The van der Waals surface area contributed by atoms with E-state index >= 15 is 0 Å². The maximum atomic E-state index is 10.6. The molecule has 3 heterocycles. The third-order valence-corrected chi connectivity index (χ3v) is 6.13. The molecule has 3 N–H and O–H groups in total. The molecule has 0 bridgehead atoms. The molecule has 1 aromatic carbocycles. The third-order valence-electron chi connectivity index (χ3n) is 6.13. The molecule has 2 aliphatic heterocycles. The van der Waals surface area contributed by atoms with Crippen LogP contribution < -0.4 is 10.7 Å². The number of nitrogens with one attached hydrogen (secondary N) is 2. The molecule has 0 saturated carbocycles. The van der Waals surface area contributed by atoms with Crippen LogP contribution in [0.5, 0.6) is 5.75 Å². The Morgan fingerprint density at radius 2 is 1.80 bits per heavy atom. The lowest BCUT2D eigenvalue weighted by Gasteiger charge is -2.50. The minimum Gasteiger partial charge on any atom is -0.507 e. The molecule has 6 nitrogen and oxygen atoms in total. The van der Waals surface area contributed by atoms with Crippen molar-refractivity contribution in [2.45, 2.75) is 57.7 Å². The van der Waals surface area contributed by atoms with Crippen molar-refractivity contribution in [2.24, 2.45) is 0 Å². The van der Waals surface area contributed by atoms with E-state index in [0.717, 1.165) is 40.8 Å². The van der Waals surface area contributed by atoms with Crippen LogP contribution in [-0.2, 0) is 0 Å². The number of piperidine rings is 1. The zero-order valence-corrected chi connectivity index (χ0v) is 18.8. The molecule has 0 aliphatic carbocycles. The van der Waals surface area contributed by atoms with Gasteiger partial charge in [0.25, 0.3) is 0 Å². The van der Waals surface area contributed by atoms with Gasteiger partial charge in [-0.05, 0) is 70.9 Å². The SMILES string of the molecule is CN1NC(c2c(O)ccc3cccnc23)=CC=C1N(C)C1CC(C)(C)NC(C)(C)C1. The van der Waals surface area contributed by atoms with Crippen LogP contribution in [0.25, 0.3) is 16.6 Å². The molecule has 0 spiro atoms. The highest BCUT2D eigenvalue weighted by Gasteiger charge is 2.40. The van der Waals surface area contributed by atoms with E-state index in [0.29, 0.717) is 6.04 Å². The van der Waals surface area contributed by atoms with Crippen LogP contribution in [0.15, 0.2) is 48.4 Å². The fourth-order valence-electron chi connectivity index (χ4n) is 5.17. The quantitative estimate of drug-likeness (QED) is 0.719.